The summed E-state index contributed by atoms with van der Waals surface area (Å²) in [6, 6.07) is 30.9. The number of imide groups is 1. The van der Waals surface area contributed by atoms with Crippen LogP contribution in [-0.2, 0) is 15.0 Å². The van der Waals surface area contributed by atoms with E-state index in [-0.39, 0.29) is 22.9 Å². The van der Waals surface area contributed by atoms with E-state index < -0.39 is 0 Å². The lowest BCUT2D eigenvalue weighted by atomic mass is 9.87. The summed E-state index contributed by atoms with van der Waals surface area (Å²) in [5.74, 6) is -0.692. The number of rotatable bonds is 4. The van der Waals surface area contributed by atoms with Gasteiger partial charge in [0, 0.05) is 11.1 Å². The number of carbonyl (C=O) groups excluding carboxylic acids is 2. The maximum absolute atomic E-state index is 13.7. The molecule has 0 bridgehead atoms. The molecule has 1 N–H and O–H groups in total. The summed E-state index contributed by atoms with van der Waals surface area (Å²) >= 11 is 0. The number of amides is 2. The van der Waals surface area contributed by atoms with Crippen LogP contribution in [0.25, 0.3) is 16.3 Å². The highest BCUT2D eigenvalue weighted by Gasteiger charge is 2.40. The van der Waals surface area contributed by atoms with Crippen LogP contribution in [-0.4, -0.2) is 11.8 Å². The number of carbonyl (C=O) groups is 2. The van der Waals surface area contributed by atoms with Gasteiger partial charge >= 0.3 is 0 Å². The third kappa shape index (κ3) is 3.77. The van der Waals surface area contributed by atoms with E-state index in [0.717, 1.165) is 22.0 Å². The average Bonchev–Trinajstić information content (AvgIpc) is 3.08. The van der Waals surface area contributed by atoms with E-state index in [4.69, 9.17) is 0 Å². The van der Waals surface area contributed by atoms with Crippen molar-refractivity contribution in [2.24, 2.45) is 0 Å². The molecule has 0 aliphatic carbocycles. The summed E-state index contributed by atoms with van der Waals surface area (Å²) in [4.78, 5) is 28.6. The van der Waals surface area contributed by atoms with Crippen molar-refractivity contribution >= 4 is 39.5 Å². The van der Waals surface area contributed by atoms with Crippen molar-refractivity contribution in [3.8, 4) is 0 Å². The molecule has 168 valence electrons. The Balaban J connectivity index is 1.60. The van der Waals surface area contributed by atoms with Crippen LogP contribution in [0.4, 0.5) is 11.4 Å². The molecule has 0 aromatic heterocycles. The zero-order valence-electron chi connectivity index (χ0n) is 19.5. The monoisotopic (exact) mass is 446 g/mol. The summed E-state index contributed by atoms with van der Waals surface area (Å²) in [6.07, 6.45) is 0. The molecule has 2 amide bonds. The van der Waals surface area contributed by atoms with Crippen LogP contribution in [0.3, 0.4) is 0 Å². The molecule has 5 rings (SSSR count). The fourth-order valence-electron chi connectivity index (χ4n) is 4.33. The molecule has 0 spiro atoms. The molecule has 0 saturated carbocycles. The minimum absolute atomic E-state index is 0.0217. The summed E-state index contributed by atoms with van der Waals surface area (Å²) in [5.41, 5.74) is 3.83. The zero-order chi connectivity index (χ0) is 23.9. The first-order valence-corrected chi connectivity index (χ1v) is 11.4. The highest BCUT2D eigenvalue weighted by molar-refractivity contribution is 6.46. The molecule has 0 atom stereocenters. The van der Waals surface area contributed by atoms with Gasteiger partial charge < -0.3 is 5.32 Å². The van der Waals surface area contributed by atoms with Gasteiger partial charge in [-0.2, -0.15) is 0 Å². The van der Waals surface area contributed by atoms with Gasteiger partial charge in [0.15, 0.2) is 0 Å². The summed E-state index contributed by atoms with van der Waals surface area (Å²) in [5, 5.41) is 5.36. The summed E-state index contributed by atoms with van der Waals surface area (Å²) in [6.45, 7) is 6.40. The predicted molar refractivity (Wildman–Crippen MR) is 139 cm³/mol. The number of hydrogen-bond donors (Lipinski definition) is 1. The first kappa shape index (κ1) is 21.7. The molecule has 0 unspecified atom stereocenters. The Morgan fingerprint density at radius 3 is 2.03 bits per heavy atom. The Hall–Kier alpha value is -4.18. The molecule has 4 nitrogen and oxygen atoms in total. The number of fused-ring (bicyclic) bond motifs is 1. The van der Waals surface area contributed by atoms with E-state index in [1.54, 1.807) is 0 Å². The Kier molecular flexibility index (Phi) is 5.29. The average molecular weight is 447 g/mol. The minimum Gasteiger partial charge on any atom is -0.350 e. The quantitative estimate of drug-likeness (QED) is 0.362. The molecule has 4 heteroatoms. The Morgan fingerprint density at radius 2 is 1.32 bits per heavy atom. The Bertz CT molecular complexity index is 1420. The van der Waals surface area contributed by atoms with Gasteiger partial charge in [0.25, 0.3) is 11.8 Å². The molecule has 34 heavy (non-hydrogen) atoms. The standard InChI is InChI=1S/C30H26N2O2/c1-30(2,3)22-16-18-23(19-17-22)32-28(33)26(21-11-5-4-6-12-21)27(29(32)34)31-25-15-9-13-20-10-7-8-14-24(20)25/h4-19,31H,1-3H3. The maximum Gasteiger partial charge on any atom is 0.282 e. The third-order valence-corrected chi connectivity index (χ3v) is 6.19. The largest absolute Gasteiger partial charge is 0.350 e. The lowest BCUT2D eigenvalue weighted by Crippen LogP contribution is -2.32. The van der Waals surface area contributed by atoms with Gasteiger partial charge in [-0.1, -0.05) is 99.6 Å². The van der Waals surface area contributed by atoms with E-state index in [1.165, 1.54) is 4.90 Å². The van der Waals surface area contributed by atoms with Gasteiger partial charge in [-0.05, 0) is 40.1 Å². The predicted octanol–water partition coefficient (Wildman–Crippen LogP) is 6.53. The second-order valence-corrected chi connectivity index (χ2v) is 9.51. The van der Waals surface area contributed by atoms with E-state index in [9.17, 15) is 9.59 Å². The van der Waals surface area contributed by atoms with E-state index >= 15 is 0 Å². The van der Waals surface area contributed by atoms with Gasteiger partial charge in [0.1, 0.15) is 5.70 Å². The Morgan fingerprint density at radius 1 is 0.676 bits per heavy atom. The topological polar surface area (TPSA) is 49.4 Å². The molecular weight excluding hydrogens is 420 g/mol. The van der Waals surface area contributed by atoms with Crippen LogP contribution in [0, 0.1) is 0 Å². The highest BCUT2D eigenvalue weighted by Crippen LogP contribution is 2.36. The van der Waals surface area contributed by atoms with Crippen molar-refractivity contribution in [1.29, 1.82) is 0 Å². The third-order valence-electron chi connectivity index (χ3n) is 6.19. The molecule has 1 aliphatic heterocycles. The molecule has 1 heterocycles. The van der Waals surface area contributed by atoms with Gasteiger partial charge in [-0.15, -0.1) is 0 Å². The van der Waals surface area contributed by atoms with Gasteiger partial charge in [0.2, 0.25) is 0 Å². The Labute approximate surface area is 199 Å². The first-order valence-electron chi connectivity index (χ1n) is 11.4. The van der Waals surface area contributed by atoms with Crippen molar-refractivity contribution in [3.63, 3.8) is 0 Å². The highest BCUT2D eigenvalue weighted by atomic mass is 16.2. The van der Waals surface area contributed by atoms with Crippen molar-refractivity contribution in [2.75, 3.05) is 10.2 Å². The van der Waals surface area contributed by atoms with Crippen molar-refractivity contribution in [1.82, 2.24) is 0 Å². The molecular formula is C30H26N2O2. The molecule has 0 saturated heterocycles. The number of nitrogens with zero attached hydrogens (tertiary/aromatic N) is 1. The van der Waals surface area contributed by atoms with Crippen LogP contribution in [0.5, 0.6) is 0 Å². The second kappa shape index (κ2) is 8.31. The van der Waals surface area contributed by atoms with Crippen molar-refractivity contribution in [2.45, 2.75) is 26.2 Å². The van der Waals surface area contributed by atoms with Crippen LogP contribution in [0.2, 0.25) is 0 Å². The van der Waals surface area contributed by atoms with E-state index in [0.29, 0.717) is 16.8 Å². The number of nitrogens with one attached hydrogen (secondary N) is 1. The van der Waals surface area contributed by atoms with Crippen LogP contribution in [0.1, 0.15) is 31.9 Å². The van der Waals surface area contributed by atoms with Crippen LogP contribution < -0.4 is 10.2 Å². The van der Waals surface area contributed by atoms with Gasteiger partial charge in [0.05, 0.1) is 11.3 Å². The SMILES string of the molecule is CC(C)(C)c1ccc(N2C(=O)C(Nc3cccc4ccccc34)=C(c3ccccc3)C2=O)cc1. The zero-order valence-corrected chi connectivity index (χ0v) is 19.5. The number of anilines is 2. The lowest BCUT2D eigenvalue weighted by Gasteiger charge is -2.21. The van der Waals surface area contributed by atoms with Crippen LogP contribution in [0.15, 0.2) is 103 Å². The van der Waals surface area contributed by atoms with E-state index in [2.05, 4.69) is 26.1 Å². The molecule has 0 fully saturated rings. The fraction of sp³-hybridized carbons (Fsp3) is 0.133. The van der Waals surface area contributed by atoms with Crippen molar-refractivity contribution < 1.29 is 9.59 Å². The molecule has 1 aliphatic rings. The van der Waals surface area contributed by atoms with Crippen LogP contribution >= 0.6 is 0 Å². The first-order chi connectivity index (χ1) is 16.3. The smallest absolute Gasteiger partial charge is 0.282 e. The van der Waals surface area contributed by atoms with Gasteiger partial charge in [-0.3, -0.25) is 9.59 Å². The molecule has 0 radical (unpaired) electrons. The fourth-order valence-corrected chi connectivity index (χ4v) is 4.33. The second-order valence-electron chi connectivity index (χ2n) is 9.51. The van der Waals surface area contributed by atoms with Gasteiger partial charge in [-0.25, -0.2) is 4.90 Å². The van der Waals surface area contributed by atoms with E-state index in [1.807, 2.05) is 97.1 Å². The number of hydrogen-bond acceptors (Lipinski definition) is 3. The minimum atomic E-state index is -0.361. The number of benzene rings is 4. The molecule has 4 aromatic carbocycles. The van der Waals surface area contributed by atoms with Crippen molar-refractivity contribution in [3.05, 3.63) is 114 Å². The molecule has 4 aromatic rings. The lowest BCUT2D eigenvalue weighted by molar-refractivity contribution is -0.120. The summed E-state index contributed by atoms with van der Waals surface area (Å²) < 4.78 is 0. The maximum atomic E-state index is 13.7. The summed E-state index contributed by atoms with van der Waals surface area (Å²) in [7, 11) is 0. The normalized spacial score (nSPS) is 14.3.